The molecule has 3 N–H and O–H groups in total. The molecule has 0 aromatic heterocycles. The summed E-state index contributed by atoms with van der Waals surface area (Å²) in [5.74, 6) is -1.07. The summed E-state index contributed by atoms with van der Waals surface area (Å²) in [6.45, 7) is 0. The highest BCUT2D eigenvalue weighted by Crippen LogP contribution is 2.17. The number of amides is 2. The lowest BCUT2D eigenvalue weighted by atomic mass is 10.1. The maximum atomic E-state index is 11.9. The van der Waals surface area contributed by atoms with Crippen LogP contribution in [0.5, 0.6) is 0 Å². The Labute approximate surface area is 145 Å². The van der Waals surface area contributed by atoms with Crippen LogP contribution in [0.1, 0.15) is 26.3 Å². The van der Waals surface area contributed by atoms with Gasteiger partial charge in [0.25, 0.3) is 11.8 Å². The van der Waals surface area contributed by atoms with Crippen LogP contribution in [0.3, 0.4) is 0 Å². The van der Waals surface area contributed by atoms with E-state index in [1.165, 1.54) is 23.8 Å². The van der Waals surface area contributed by atoms with Crippen LogP contribution in [0.4, 0.5) is 0 Å². The lowest BCUT2D eigenvalue weighted by molar-refractivity contribution is 0.0706. The first-order chi connectivity index (χ1) is 11.0. The van der Waals surface area contributed by atoms with Crippen LogP contribution in [0.15, 0.2) is 52.0 Å². The van der Waals surface area contributed by atoms with Gasteiger partial charge in [0, 0.05) is 4.47 Å². The third kappa shape index (κ3) is 4.38. The van der Waals surface area contributed by atoms with Gasteiger partial charge in [-0.1, -0.05) is 29.8 Å². The molecule has 0 saturated carbocycles. The quantitative estimate of drug-likeness (QED) is 0.421. The summed E-state index contributed by atoms with van der Waals surface area (Å²) in [7, 11) is 0. The van der Waals surface area contributed by atoms with Crippen molar-refractivity contribution in [2.75, 3.05) is 0 Å². The number of rotatable bonds is 4. The van der Waals surface area contributed by atoms with Crippen molar-refractivity contribution in [1.29, 1.82) is 0 Å². The van der Waals surface area contributed by atoms with Gasteiger partial charge in [-0.3, -0.25) is 14.8 Å². The van der Waals surface area contributed by atoms with E-state index in [1.807, 2.05) is 0 Å². The van der Waals surface area contributed by atoms with E-state index in [-0.39, 0.29) is 16.5 Å². The lowest BCUT2D eigenvalue weighted by Crippen LogP contribution is -2.19. The molecule has 0 atom stereocenters. The first-order valence-electron chi connectivity index (χ1n) is 6.35. The van der Waals surface area contributed by atoms with Gasteiger partial charge in [-0.15, -0.1) is 0 Å². The van der Waals surface area contributed by atoms with Crippen LogP contribution in [-0.2, 0) is 0 Å². The van der Waals surface area contributed by atoms with Crippen LogP contribution in [0.25, 0.3) is 0 Å². The minimum Gasteiger partial charge on any atom is -0.288 e. The molecule has 8 heteroatoms. The number of carbonyl (C=O) groups excluding carboxylic acids is 2. The molecule has 2 aromatic carbocycles. The summed E-state index contributed by atoms with van der Waals surface area (Å²) < 4.78 is 0.662. The van der Waals surface area contributed by atoms with Gasteiger partial charge in [-0.25, -0.2) is 10.9 Å². The molecule has 0 saturated heterocycles. The fraction of sp³-hybridized carbons (Fsp3) is 0. The van der Waals surface area contributed by atoms with Crippen LogP contribution in [0, 0.1) is 0 Å². The third-order valence-corrected chi connectivity index (χ3v) is 3.84. The highest BCUT2D eigenvalue weighted by Gasteiger charge is 2.10. The van der Waals surface area contributed by atoms with E-state index in [1.54, 1.807) is 30.3 Å². The zero-order chi connectivity index (χ0) is 16.8. The number of halogens is 2. The highest BCUT2D eigenvalue weighted by atomic mass is 79.9. The molecule has 2 aromatic rings. The number of hydrogen-bond acceptors (Lipinski definition) is 4. The second kappa shape index (κ2) is 7.87. The minimum atomic E-state index is -0.708. The van der Waals surface area contributed by atoms with Gasteiger partial charge in [0.1, 0.15) is 0 Å². The molecule has 23 heavy (non-hydrogen) atoms. The summed E-state index contributed by atoms with van der Waals surface area (Å²) in [6.07, 6.45) is 1.39. The van der Waals surface area contributed by atoms with Crippen LogP contribution in [0.2, 0.25) is 5.02 Å². The van der Waals surface area contributed by atoms with Crippen molar-refractivity contribution >= 4 is 45.6 Å². The molecular weight excluding hydrogens is 386 g/mol. The molecule has 0 fully saturated rings. The molecule has 0 aliphatic rings. The Bertz CT molecular complexity index is 780. The Hall–Kier alpha value is -2.22. The minimum absolute atomic E-state index is 0.128. The second-order valence-electron chi connectivity index (χ2n) is 4.36. The zero-order valence-electron chi connectivity index (χ0n) is 11.6. The van der Waals surface area contributed by atoms with E-state index in [9.17, 15) is 9.59 Å². The molecule has 6 nitrogen and oxygen atoms in total. The Morgan fingerprint density at radius 2 is 1.87 bits per heavy atom. The predicted molar refractivity (Wildman–Crippen MR) is 89.9 cm³/mol. The molecule has 118 valence electrons. The molecule has 0 radical (unpaired) electrons. The number of nitrogens with one attached hydrogen (secondary N) is 2. The van der Waals surface area contributed by atoms with Gasteiger partial charge in [-0.2, -0.15) is 5.10 Å². The van der Waals surface area contributed by atoms with Crippen molar-refractivity contribution in [3.05, 3.63) is 68.7 Å². The predicted octanol–water partition coefficient (Wildman–Crippen LogP) is 2.99. The zero-order valence-corrected chi connectivity index (χ0v) is 13.9. The van der Waals surface area contributed by atoms with Gasteiger partial charge in [0.05, 0.1) is 22.4 Å². The maximum absolute atomic E-state index is 11.9. The van der Waals surface area contributed by atoms with Crippen LogP contribution in [-0.4, -0.2) is 23.2 Å². The molecule has 0 bridgehead atoms. The van der Waals surface area contributed by atoms with Gasteiger partial charge < -0.3 is 0 Å². The summed E-state index contributed by atoms with van der Waals surface area (Å²) in [6, 6.07) is 11.5. The van der Waals surface area contributed by atoms with Gasteiger partial charge >= 0.3 is 0 Å². The van der Waals surface area contributed by atoms with E-state index >= 15 is 0 Å². The average molecular weight is 397 g/mol. The average Bonchev–Trinajstić information content (AvgIpc) is 2.54. The molecule has 2 rings (SSSR count). The normalized spacial score (nSPS) is 10.6. The Morgan fingerprint density at radius 1 is 1.13 bits per heavy atom. The fourth-order valence-electron chi connectivity index (χ4n) is 1.73. The molecule has 0 heterocycles. The lowest BCUT2D eigenvalue weighted by Gasteiger charge is -2.03. The smallest absolute Gasteiger partial charge is 0.276 e. The SMILES string of the molecule is O=C(NO)c1ccc(C=NNC(=O)c2ccccc2Br)cc1Cl. The monoisotopic (exact) mass is 395 g/mol. The van der Waals surface area contributed by atoms with Gasteiger partial charge in [0.15, 0.2) is 0 Å². The molecule has 0 unspecified atom stereocenters. The third-order valence-electron chi connectivity index (χ3n) is 2.84. The number of hydrogen-bond donors (Lipinski definition) is 3. The van der Waals surface area contributed by atoms with Gasteiger partial charge in [-0.05, 0) is 45.8 Å². The Kier molecular flexibility index (Phi) is 5.86. The number of hydrazone groups is 1. The summed E-state index contributed by atoms with van der Waals surface area (Å²) in [5, 5.41) is 12.6. The molecule has 2 amide bonds. The first kappa shape index (κ1) is 17.1. The molecule has 0 aliphatic carbocycles. The van der Waals surface area contributed by atoms with E-state index < -0.39 is 5.91 Å². The summed E-state index contributed by atoms with van der Waals surface area (Å²) in [4.78, 5) is 23.2. The maximum Gasteiger partial charge on any atom is 0.276 e. The van der Waals surface area contributed by atoms with Gasteiger partial charge in [0.2, 0.25) is 0 Å². The molecular formula is C15H11BrClN3O3. The highest BCUT2D eigenvalue weighted by molar-refractivity contribution is 9.10. The van der Waals surface area contributed by atoms with Crippen molar-refractivity contribution in [2.45, 2.75) is 0 Å². The largest absolute Gasteiger partial charge is 0.288 e. The molecule has 0 aliphatic heterocycles. The van der Waals surface area contributed by atoms with Crippen molar-refractivity contribution in [3.63, 3.8) is 0 Å². The van der Waals surface area contributed by atoms with Crippen molar-refractivity contribution in [2.24, 2.45) is 5.10 Å². The number of hydroxylamine groups is 1. The van der Waals surface area contributed by atoms with Crippen LogP contribution >= 0.6 is 27.5 Å². The summed E-state index contributed by atoms with van der Waals surface area (Å²) >= 11 is 9.22. The number of benzene rings is 2. The van der Waals surface area contributed by atoms with Crippen molar-refractivity contribution in [3.8, 4) is 0 Å². The molecule has 0 spiro atoms. The Morgan fingerprint density at radius 3 is 2.52 bits per heavy atom. The summed E-state index contributed by atoms with van der Waals surface area (Å²) in [5.41, 5.74) is 5.06. The number of nitrogens with zero attached hydrogens (tertiary/aromatic N) is 1. The standard InChI is InChI=1S/C15H11BrClN3O3/c16-12-4-2-1-3-10(12)14(21)19-18-8-9-5-6-11(13(17)7-9)15(22)20-23/h1-8,23H,(H,19,21)(H,20,22). The van der Waals surface area contributed by atoms with Crippen molar-refractivity contribution in [1.82, 2.24) is 10.9 Å². The van der Waals surface area contributed by atoms with Crippen molar-refractivity contribution < 1.29 is 14.8 Å². The van der Waals surface area contributed by atoms with E-state index in [4.69, 9.17) is 16.8 Å². The Balaban J connectivity index is 2.06. The van der Waals surface area contributed by atoms with Crippen LogP contribution < -0.4 is 10.9 Å². The number of carbonyl (C=O) groups is 2. The van der Waals surface area contributed by atoms with E-state index in [0.29, 0.717) is 15.6 Å². The fourth-order valence-corrected chi connectivity index (χ4v) is 2.47. The topological polar surface area (TPSA) is 90.8 Å². The van der Waals surface area contributed by atoms with E-state index in [0.717, 1.165) is 0 Å². The second-order valence-corrected chi connectivity index (χ2v) is 5.62. The van der Waals surface area contributed by atoms with E-state index in [2.05, 4.69) is 26.5 Å². The first-order valence-corrected chi connectivity index (χ1v) is 7.52.